The number of benzene rings is 2. The Morgan fingerprint density at radius 2 is 1.62 bits per heavy atom. The lowest BCUT2D eigenvalue weighted by molar-refractivity contribution is 0.212. The first kappa shape index (κ1) is 15.6. The topological polar surface area (TPSA) is 29.5 Å². The molecule has 0 aliphatic heterocycles. The van der Waals surface area contributed by atoms with Crippen molar-refractivity contribution in [3.05, 3.63) is 64.7 Å². The average Bonchev–Trinajstić information content (AvgIpc) is 2.48. The highest BCUT2D eigenvalue weighted by Crippen LogP contribution is 2.31. The summed E-state index contributed by atoms with van der Waals surface area (Å²) in [4.78, 5) is 0. The zero-order valence-electron chi connectivity index (χ0n) is 13.3. The van der Waals surface area contributed by atoms with Crippen molar-refractivity contribution in [1.82, 2.24) is 0 Å². The van der Waals surface area contributed by atoms with E-state index in [4.69, 9.17) is 4.74 Å². The van der Waals surface area contributed by atoms with E-state index in [9.17, 15) is 5.11 Å². The molecular formula is C19H24O2. The second kappa shape index (κ2) is 6.77. The van der Waals surface area contributed by atoms with E-state index in [2.05, 4.69) is 26.0 Å². The smallest absolute Gasteiger partial charge is 0.125 e. The molecular weight excluding hydrogens is 260 g/mol. The highest BCUT2D eigenvalue weighted by Gasteiger charge is 2.16. The van der Waals surface area contributed by atoms with Gasteiger partial charge >= 0.3 is 0 Å². The van der Waals surface area contributed by atoms with Gasteiger partial charge in [0.25, 0.3) is 0 Å². The summed E-state index contributed by atoms with van der Waals surface area (Å²) < 4.78 is 5.64. The monoisotopic (exact) mass is 284 g/mol. The predicted octanol–water partition coefficient (Wildman–Crippen LogP) is 4.60. The van der Waals surface area contributed by atoms with Gasteiger partial charge in [-0.15, -0.1) is 0 Å². The Balaban J connectivity index is 2.34. The van der Waals surface area contributed by atoms with Crippen LogP contribution in [0, 0.1) is 6.92 Å². The second-order valence-electron chi connectivity index (χ2n) is 5.70. The Morgan fingerprint density at radius 1 is 1.00 bits per heavy atom. The van der Waals surface area contributed by atoms with Gasteiger partial charge in [0.05, 0.1) is 6.61 Å². The third-order valence-corrected chi connectivity index (χ3v) is 3.68. The first-order valence-electron chi connectivity index (χ1n) is 7.54. The molecule has 2 aromatic carbocycles. The third-order valence-electron chi connectivity index (χ3n) is 3.68. The highest BCUT2D eigenvalue weighted by atomic mass is 16.5. The zero-order valence-corrected chi connectivity index (χ0v) is 13.3. The Hall–Kier alpha value is -1.80. The van der Waals surface area contributed by atoms with Crippen molar-refractivity contribution < 1.29 is 9.84 Å². The molecule has 0 spiro atoms. The minimum Gasteiger partial charge on any atom is -0.493 e. The van der Waals surface area contributed by atoms with Gasteiger partial charge in [-0.25, -0.2) is 0 Å². The number of ether oxygens (including phenoxy) is 1. The standard InChI is InChI=1S/C19H24O2/c1-5-21-18-11-6-14(4)12-17(18)19(20)16-9-7-15(8-10-16)13(2)3/h6-13,19-20H,5H2,1-4H3. The van der Waals surface area contributed by atoms with E-state index in [1.54, 1.807) is 0 Å². The van der Waals surface area contributed by atoms with Gasteiger partial charge in [0.1, 0.15) is 11.9 Å². The minimum atomic E-state index is -0.660. The lowest BCUT2D eigenvalue weighted by Gasteiger charge is -2.17. The molecule has 1 N–H and O–H groups in total. The number of hydrogen-bond acceptors (Lipinski definition) is 2. The molecule has 112 valence electrons. The van der Waals surface area contributed by atoms with E-state index in [1.165, 1.54) is 5.56 Å². The quantitative estimate of drug-likeness (QED) is 0.869. The lowest BCUT2D eigenvalue weighted by Crippen LogP contribution is -2.05. The summed E-state index contributed by atoms with van der Waals surface area (Å²) in [6.45, 7) is 8.90. The van der Waals surface area contributed by atoms with Crippen molar-refractivity contribution in [3.63, 3.8) is 0 Å². The fourth-order valence-corrected chi connectivity index (χ4v) is 2.41. The van der Waals surface area contributed by atoms with Crippen LogP contribution < -0.4 is 4.74 Å². The van der Waals surface area contributed by atoms with Crippen LogP contribution >= 0.6 is 0 Å². The molecule has 2 rings (SSSR count). The van der Waals surface area contributed by atoms with Gasteiger partial charge in [0.2, 0.25) is 0 Å². The maximum atomic E-state index is 10.7. The van der Waals surface area contributed by atoms with Crippen LogP contribution in [0.1, 0.15) is 55.0 Å². The number of hydrogen-bond donors (Lipinski definition) is 1. The van der Waals surface area contributed by atoms with Crippen molar-refractivity contribution in [1.29, 1.82) is 0 Å². The van der Waals surface area contributed by atoms with Crippen LogP contribution in [0.3, 0.4) is 0 Å². The number of rotatable bonds is 5. The fraction of sp³-hybridized carbons (Fsp3) is 0.368. The summed E-state index contributed by atoms with van der Waals surface area (Å²) in [6.07, 6.45) is -0.660. The zero-order chi connectivity index (χ0) is 15.4. The average molecular weight is 284 g/mol. The van der Waals surface area contributed by atoms with Crippen LogP contribution in [0.2, 0.25) is 0 Å². The maximum absolute atomic E-state index is 10.7. The molecule has 0 aliphatic rings. The summed E-state index contributed by atoms with van der Waals surface area (Å²) in [6, 6.07) is 14.1. The summed E-state index contributed by atoms with van der Waals surface area (Å²) in [5.74, 6) is 1.25. The van der Waals surface area contributed by atoms with Gasteiger partial charge in [0.15, 0.2) is 0 Å². The molecule has 0 aromatic heterocycles. The van der Waals surface area contributed by atoms with Gasteiger partial charge in [-0.2, -0.15) is 0 Å². The largest absolute Gasteiger partial charge is 0.493 e. The first-order valence-corrected chi connectivity index (χ1v) is 7.54. The van der Waals surface area contributed by atoms with Crippen LogP contribution in [0.4, 0.5) is 0 Å². The number of aliphatic hydroxyl groups is 1. The lowest BCUT2D eigenvalue weighted by atomic mass is 9.96. The SMILES string of the molecule is CCOc1ccc(C)cc1C(O)c1ccc(C(C)C)cc1. The van der Waals surface area contributed by atoms with Crippen LogP contribution in [-0.4, -0.2) is 11.7 Å². The molecule has 2 aromatic rings. The summed E-state index contributed by atoms with van der Waals surface area (Å²) in [7, 11) is 0. The van der Waals surface area contributed by atoms with E-state index in [-0.39, 0.29) is 0 Å². The predicted molar refractivity (Wildman–Crippen MR) is 86.9 cm³/mol. The van der Waals surface area contributed by atoms with Gasteiger partial charge in [0, 0.05) is 5.56 Å². The molecule has 0 amide bonds. The highest BCUT2D eigenvalue weighted by molar-refractivity contribution is 5.43. The minimum absolute atomic E-state index is 0.495. The summed E-state index contributed by atoms with van der Waals surface area (Å²) in [5.41, 5.74) is 4.12. The normalized spacial score (nSPS) is 12.5. The van der Waals surface area contributed by atoms with Crippen LogP contribution in [-0.2, 0) is 0 Å². The van der Waals surface area contributed by atoms with Gasteiger partial charge in [-0.1, -0.05) is 49.7 Å². The van der Waals surface area contributed by atoms with Crippen molar-refractivity contribution in [2.75, 3.05) is 6.61 Å². The van der Waals surface area contributed by atoms with E-state index >= 15 is 0 Å². The molecule has 1 atom stereocenters. The van der Waals surface area contributed by atoms with Crippen molar-refractivity contribution in [2.45, 2.75) is 39.7 Å². The Bertz CT molecular complexity index is 585. The van der Waals surface area contributed by atoms with Crippen LogP contribution in [0.15, 0.2) is 42.5 Å². The molecule has 0 bridgehead atoms. The molecule has 0 saturated carbocycles. The van der Waals surface area contributed by atoms with E-state index in [0.29, 0.717) is 12.5 Å². The van der Waals surface area contributed by atoms with Crippen molar-refractivity contribution in [2.24, 2.45) is 0 Å². The molecule has 2 heteroatoms. The van der Waals surface area contributed by atoms with E-state index < -0.39 is 6.10 Å². The summed E-state index contributed by atoms with van der Waals surface area (Å²) >= 11 is 0. The van der Waals surface area contributed by atoms with E-state index in [0.717, 1.165) is 22.4 Å². The van der Waals surface area contributed by atoms with Crippen molar-refractivity contribution >= 4 is 0 Å². The Morgan fingerprint density at radius 3 is 2.19 bits per heavy atom. The Kier molecular flexibility index (Phi) is 5.03. The molecule has 1 unspecified atom stereocenters. The molecule has 2 nitrogen and oxygen atoms in total. The third kappa shape index (κ3) is 3.64. The molecule has 0 saturated heterocycles. The molecule has 0 aliphatic carbocycles. The number of aliphatic hydroxyl groups excluding tert-OH is 1. The number of aryl methyl sites for hydroxylation is 1. The van der Waals surface area contributed by atoms with Gasteiger partial charge in [-0.3, -0.25) is 0 Å². The van der Waals surface area contributed by atoms with Crippen LogP contribution in [0.25, 0.3) is 0 Å². The van der Waals surface area contributed by atoms with Gasteiger partial charge < -0.3 is 9.84 Å². The van der Waals surface area contributed by atoms with Gasteiger partial charge in [-0.05, 0) is 43.0 Å². The maximum Gasteiger partial charge on any atom is 0.125 e. The second-order valence-corrected chi connectivity index (χ2v) is 5.70. The molecule has 0 heterocycles. The fourth-order valence-electron chi connectivity index (χ4n) is 2.41. The van der Waals surface area contributed by atoms with E-state index in [1.807, 2.05) is 44.2 Å². The van der Waals surface area contributed by atoms with Crippen LogP contribution in [0.5, 0.6) is 5.75 Å². The summed E-state index contributed by atoms with van der Waals surface area (Å²) in [5, 5.41) is 10.7. The Labute approximate surface area is 127 Å². The molecule has 0 fully saturated rings. The molecule has 21 heavy (non-hydrogen) atoms. The molecule has 0 radical (unpaired) electrons. The first-order chi connectivity index (χ1) is 10.0. The van der Waals surface area contributed by atoms with Crippen molar-refractivity contribution in [3.8, 4) is 5.75 Å².